The first-order valence-corrected chi connectivity index (χ1v) is 7.32. The summed E-state index contributed by atoms with van der Waals surface area (Å²) in [6, 6.07) is 7.34. The van der Waals surface area contributed by atoms with Gasteiger partial charge in [-0.25, -0.2) is 4.79 Å². The minimum Gasteiger partial charge on any atom is -0.465 e. The fraction of sp³-hybridized carbons (Fsp3) is 0.412. The summed E-state index contributed by atoms with van der Waals surface area (Å²) in [5.74, 6) is 0.526. The SMILES string of the molecule is C=CCCCN(C)C(=NC)NCc1ccc(C(=O)OC)cc1.I. The molecule has 0 bridgehead atoms. The van der Waals surface area contributed by atoms with Crippen LogP contribution in [-0.4, -0.2) is 44.6 Å². The molecule has 0 aromatic heterocycles. The molecule has 0 amide bonds. The summed E-state index contributed by atoms with van der Waals surface area (Å²) in [6.07, 6.45) is 3.97. The van der Waals surface area contributed by atoms with Crippen molar-refractivity contribution in [2.75, 3.05) is 27.7 Å². The molecule has 1 aromatic carbocycles. The van der Waals surface area contributed by atoms with E-state index in [-0.39, 0.29) is 29.9 Å². The van der Waals surface area contributed by atoms with Crippen molar-refractivity contribution in [3.05, 3.63) is 48.0 Å². The van der Waals surface area contributed by atoms with Crippen molar-refractivity contribution in [3.8, 4) is 0 Å². The number of hydrogen-bond donors (Lipinski definition) is 1. The molecule has 0 aliphatic heterocycles. The molecule has 0 saturated carbocycles. The third kappa shape index (κ3) is 7.49. The van der Waals surface area contributed by atoms with Gasteiger partial charge in [-0.3, -0.25) is 4.99 Å². The number of methoxy groups -OCH3 is 1. The van der Waals surface area contributed by atoms with E-state index >= 15 is 0 Å². The Morgan fingerprint density at radius 2 is 2.04 bits per heavy atom. The maximum Gasteiger partial charge on any atom is 0.337 e. The number of carbonyl (C=O) groups excluding carboxylic acids is 1. The van der Waals surface area contributed by atoms with Gasteiger partial charge in [-0.15, -0.1) is 30.6 Å². The van der Waals surface area contributed by atoms with Gasteiger partial charge >= 0.3 is 5.97 Å². The summed E-state index contributed by atoms with van der Waals surface area (Å²) in [7, 11) is 5.16. The third-order valence-electron chi connectivity index (χ3n) is 3.30. The molecule has 0 spiro atoms. The molecule has 0 aliphatic carbocycles. The largest absolute Gasteiger partial charge is 0.465 e. The fourth-order valence-corrected chi connectivity index (χ4v) is 2.02. The number of allylic oxidation sites excluding steroid dienone is 1. The standard InChI is InChI=1S/C17H25N3O2.HI/c1-5-6-7-12-20(3)17(18-2)19-13-14-8-10-15(11-9-14)16(21)22-4;/h5,8-11H,1,6-7,12-13H2,2-4H3,(H,18,19);1H. The number of ether oxygens (including phenoxy) is 1. The molecule has 0 unspecified atom stereocenters. The lowest BCUT2D eigenvalue weighted by Gasteiger charge is -2.21. The number of halogens is 1. The van der Waals surface area contributed by atoms with Crippen LogP contribution >= 0.6 is 24.0 Å². The summed E-state index contributed by atoms with van der Waals surface area (Å²) in [4.78, 5) is 17.7. The highest BCUT2D eigenvalue weighted by Gasteiger charge is 2.06. The number of unbranched alkanes of at least 4 members (excludes halogenated alkanes) is 1. The number of hydrogen-bond acceptors (Lipinski definition) is 3. The van der Waals surface area contributed by atoms with Crippen molar-refractivity contribution in [1.29, 1.82) is 0 Å². The summed E-state index contributed by atoms with van der Waals surface area (Å²) >= 11 is 0. The lowest BCUT2D eigenvalue weighted by Crippen LogP contribution is -2.38. The summed E-state index contributed by atoms with van der Waals surface area (Å²) in [6.45, 7) is 5.30. The molecule has 1 aromatic rings. The van der Waals surface area contributed by atoms with Crippen LogP contribution in [-0.2, 0) is 11.3 Å². The molecule has 6 heteroatoms. The van der Waals surface area contributed by atoms with Gasteiger partial charge in [0.05, 0.1) is 12.7 Å². The molecule has 0 heterocycles. The zero-order chi connectivity index (χ0) is 16.4. The van der Waals surface area contributed by atoms with Gasteiger partial charge in [0.15, 0.2) is 5.96 Å². The van der Waals surface area contributed by atoms with E-state index < -0.39 is 0 Å². The van der Waals surface area contributed by atoms with Gasteiger partial charge in [0, 0.05) is 27.2 Å². The van der Waals surface area contributed by atoms with Crippen molar-refractivity contribution >= 4 is 35.9 Å². The normalized spacial score (nSPS) is 10.5. The minimum absolute atomic E-state index is 0. The average Bonchev–Trinajstić information content (AvgIpc) is 2.55. The molecule has 0 atom stereocenters. The second kappa shape index (κ2) is 11.9. The quantitative estimate of drug-likeness (QED) is 0.180. The van der Waals surface area contributed by atoms with Gasteiger partial charge < -0.3 is 15.0 Å². The molecule has 0 radical (unpaired) electrons. The van der Waals surface area contributed by atoms with E-state index in [1.165, 1.54) is 7.11 Å². The Hall–Kier alpha value is -1.57. The van der Waals surface area contributed by atoms with E-state index in [2.05, 4.69) is 26.5 Å². The number of nitrogens with one attached hydrogen (secondary N) is 1. The number of aliphatic imine (C=N–C) groups is 1. The molecule has 1 N–H and O–H groups in total. The smallest absolute Gasteiger partial charge is 0.337 e. The van der Waals surface area contributed by atoms with Crippen LogP contribution < -0.4 is 5.32 Å². The first kappa shape index (κ1) is 21.4. The minimum atomic E-state index is -0.322. The van der Waals surface area contributed by atoms with Crippen LogP contribution in [0.5, 0.6) is 0 Å². The van der Waals surface area contributed by atoms with Gasteiger partial charge in [0.25, 0.3) is 0 Å². The lowest BCUT2D eigenvalue weighted by atomic mass is 10.1. The van der Waals surface area contributed by atoms with E-state index in [9.17, 15) is 4.79 Å². The van der Waals surface area contributed by atoms with Crippen LogP contribution in [0.3, 0.4) is 0 Å². The van der Waals surface area contributed by atoms with Gasteiger partial charge in [0.1, 0.15) is 0 Å². The van der Waals surface area contributed by atoms with Crippen molar-refractivity contribution in [2.24, 2.45) is 4.99 Å². The van der Waals surface area contributed by atoms with Gasteiger partial charge in [-0.1, -0.05) is 18.2 Å². The van der Waals surface area contributed by atoms with Gasteiger partial charge in [0.2, 0.25) is 0 Å². The number of nitrogens with zero attached hydrogens (tertiary/aromatic N) is 2. The number of guanidine groups is 1. The summed E-state index contributed by atoms with van der Waals surface area (Å²) < 4.78 is 4.68. The Morgan fingerprint density at radius 1 is 1.39 bits per heavy atom. The second-order valence-corrected chi connectivity index (χ2v) is 4.94. The van der Waals surface area contributed by atoms with E-state index in [4.69, 9.17) is 0 Å². The van der Waals surface area contributed by atoms with Crippen LogP contribution in [0.1, 0.15) is 28.8 Å². The maximum absolute atomic E-state index is 11.4. The van der Waals surface area contributed by atoms with Crippen molar-refractivity contribution in [1.82, 2.24) is 10.2 Å². The molecule has 0 aliphatic rings. The van der Waals surface area contributed by atoms with Crippen LogP contribution in [0.4, 0.5) is 0 Å². The van der Waals surface area contributed by atoms with Crippen molar-refractivity contribution in [3.63, 3.8) is 0 Å². The van der Waals surface area contributed by atoms with Crippen LogP contribution in [0.15, 0.2) is 41.9 Å². The predicted octanol–water partition coefficient (Wildman–Crippen LogP) is 3.06. The zero-order valence-electron chi connectivity index (χ0n) is 14.0. The molecule has 0 fully saturated rings. The third-order valence-corrected chi connectivity index (χ3v) is 3.30. The monoisotopic (exact) mass is 431 g/mol. The topological polar surface area (TPSA) is 53.9 Å². The van der Waals surface area contributed by atoms with E-state index in [1.54, 1.807) is 19.2 Å². The average molecular weight is 431 g/mol. The molecular weight excluding hydrogens is 405 g/mol. The lowest BCUT2D eigenvalue weighted by molar-refractivity contribution is 0.0600. The van der Waals surface area contributed by atoms with Crippen LogP contribution in [0, 0.1) is 0 Å². The number of carbonyl (C=O) groups is 1. The Labute approximate surface area is 155 Å². The van der Waals surface area contributed by atoms with Crippen LogP contribution in [0.25, 0.3) is 0 Å². The van der Waals surface area contributed by atoms with Crippen molar-refractivity contribution < 1.29 is 9.53 Å². The molecule has 23 heavy (non-hydrogen) atoms. The highest BCUT2D eigenvalue weighted by Crippen LogP contribution is 2.06. The highest BCUT2D eigenvalue weighted by molar-refractivity contribution is 14.0. The fourth-order valence-electron chi connectivity index (χ4n) is 2.02. The Morgan fingerprint density at radius 3 is 2.57 bits per heavy atom. The van der Waals surface area contributed by atoms with Crippen LogP contribution in [0.2, 0.25) is 0 Å². The zero-order valence-corrected chi connectivity index (χ0v) is 16.4. The summed E-state index contributed by atoms with van der Waals surface area (Å²) in [5.41, 5.74) is 1.63. The van der Waals surface area contributed by atoms with E-state index in [1.807, 2.05) is 25.3 Å². The Bertz CT molecular complexity index is 515. The molecule has 5 nitrogen and oxygen atoms in total. The van der Waals surface area contributed by atoms with Gasteiger partial charge in [-0.05, 0) is 30.5 Å². The van der Waals surface area contributed by atoms with E-state index in [0.29, 0.717) is 12.1 Å². The number of rotatable bonds is 7. The number of esters is 1. The maximum atomic E-state index is 11.4. The van der Waals surface area contributed by atoms with Gasteiger partial charge in [-0.2, -0.15) is 0 Å². The first-order chi connectivity index (χ1) is 10.6. The first-order valence-electron chi connectivity index (χ1n) is 7.32. The molecular formula is C17H26IN3O2. The molecule has 128 valence electrons. The highest BCUT2D eigenvalue weighted by atomic mass is 127. The molecule has 0 saturated heterocycles. The molecule has 1 rings (SSSR count). The predicted molar refractivity (Wildman–Crippen MR) is 105 cm³/mol. The van der Waals surface area contributed by atoms with E-state index in [0.717, 1.165) is 30.9 Å². The second-order valence-electron chi connectivity index (χ2n) is 4.94. The number of benzene rings is 1. The summed E-state index contributed by atoms with van der Waals surface area (Å²) in [5, 5.41) is 3.31. The Kier molecular flexibility index (Phi) is 11.1. The Balaban J connectivity index is 0.00000484. The van der Waals surface area contributed by atoms with Crippen molar-refractivity contribution in [2.45, 2.75) is 19.4 Å².